The fourth-order valence-electron chi connectivity index (χ4n) is 3.10. The quantitative estimate of drug-likeness (QED) is 0.0993. The van der Waals surface area contributed by atoms with Crippen LogP contribution in [0.2, 0.25) is 0 Å². The lowest BCUT2D eigenvalue weighted by molar-refractivity contribution is -0.110. The molecule has 0 aliphatic carbocycles. The molecule has 1 unspecified atom stereocenters. The Morgan fingerprint density at radius 3 is 2.12 bits per heavy atom. The largest absolute Gasteiger partial charge is 0.400 e. The first-order valence-corrected chi connectivity index (χ1v) is 13.3. The molecule has 1 aliphatic heterocycles. The first-order valence-electron chi connectivity index (χ1n) is 13.3. The molecule has 1 atom stereocenters. The molecule has 2 aromatic carbocycles. The molecule has 9 heteroatoms. The van der Waals surface area contributed by atoms with Crippen LogP contribution >= 0.6 is 0 Å². The van der Waals surface area contributed by atoms with Crippen molar-refractivity contribution in [2.75, 3.05) is 47.1 Å². The standard InChI is InChI=1S/C17H24N4O2.C7H8.C4H8O.C2H6O.CH4O/c1-3-4-5-17(19-2)15-8-6-14(7-9-15)11-21(18)12-16(23)10-20-13-22;1-7-5-3-2-4-6-7;1-2-4-5-3-1;1-2-3;1-2/h3-9,13,16,23H,1,10-12,18H2,2H3,(H,20,22);2-6H,1H3;1-4H2;3H,2H2,1H3;2H,1H3/b5-4-,19-17?;;;;. The summed E-state index contributed by atoms with van der Waals surface area (Å²) in [7, 11) is 2.74. The SMILES string of the molecule is C1CCOC1.C=C/C=C\C(=NC)c1ccc(CN(N)CC(O)CNC=O)cc1.CCO.CO.Cc1ccccc1. The highest BCUT2D eigenvalue weighted by Crippen LogP contribution is 2.09. The number of aliphatic hydroxyl groups is 3. The second-order valence-electron chi connectivity index (χ2n) is 8.30. The molecule has 224 valence electrons. The maximum atomic E-state index is 10.2. The number of nitrogens with two attached hydrogens (primary N) is 1. The van der Waals surface area contributed by atoms with E-state index in [1.807, 2.05) is 54.6 Å². The van der Waals surface area contributed by atoms with Crippen molar-refractivity contribution < 1.29 is 24.9 Å². The predicted molar refractivity (Wildman–Crippen MR) is 165 cm³/mol. The van der Waals surface area contributed by atoms with Gasteiger partial charge >= 0.3 is 0 Å². The molecule has 9 nitrogen and oxygen atoms in total. The fourth-order valence-corrected chi connectivity index (χ4v) is 3.10. The number of carbonyl (C=O) groups excluding carboxylic acids is 1. The number of nitrogens with zero attached hydrogens (tertiary/aromatic N) is 2. The molecule has 1 heterocycles. The summed E-state index contributed by atoms with van der Waals surface area (Å²) in [5.74, 6) is 5.88. The third-order valence-corrected chi connectivity index (χ3v) is 4.92. The second-order valence-corrected chi connectivity index (χ2v) is 8.30. The van der Waals surface area contributed by atoms with Crippen LogP contribution in [-0.2, 0) is 16.1 Å². The first-order chi connectivity index (χ1) is 19.4. The van der Waals surface area contributed by atoms with E-state index in [-0.39, 0.29) is 19.7 Å². The van der Waals surface area contributed by atoms with E-state index in [1.165, 1.54) is 23.4 Å². The lowest BCUT2D eigenvalue weighted by atomic mass is 10.1. The number of carbonyl (C=O) groups is 1. The molecule has 1 saturated heterocycles. The number of aliphatic hydroxyl groups excluding tert-OH is 3. The van der Waals surface area contributed by atoms with Gasteiger partial charge in [-0.15, -0.1) is 0 Å². The van der Waals surface area contributed by atoms with Gasteiger partial charge in [0.2, 0.25) is 6.41 Å². The van der Waals surface area contributed by atoms with Crippen LogP contribution in [0.5, 0.6) is 0 Å². The van der Waals surface area contributed by atoms with Crippen LogP contribution in [0.4, 0.5) is 0 Å². The minimum absolute atomic E-state index is 0.183. The topological polar surface area (TPSA) is 141 Å². The predicted octanol–water partition coefficient (Wildman–Crippen LogP) is 3.03. The number of aryl methyl sites for hydroxylation is 1. The number of allylic oxidation sites excluding steroid dienone is 3. The number of rotatable bonds is 10. The van der Waals surface area contributed by atoms with Gasteiger partial charge in [-0.05, 0) is 43.9 Å². The monoisotopic (exact) mass is 558 g/mol. The van der Waals surface area contributed by atoms with Crippen molar-refractivity contribution in [2.45, 2.75) is 39.3 Å². The summed E-state index contributed by atoms with van der Waals surface area (Å²) in [5, 5.41) is 28.2. The normalized spacial score (nSPS) is 12.8. The van der Waals surface area contributed by atoms with Gasteiger partial charge in [-0.1, -0.05) is 78.9 Å². The van der Waals surface area contributed by atoms with Gasteiger partial charge in [0, 0.05) is 53.6 Å². The number of ether oxygens (including phenoxy) is 1. The molecular weight excluding hydrogens is 508 g/mol. The zero-order valence-corrected chi connectivity index (χ0v) is 24.6. The van der Waals surface area contributed by atoms with Crippen LogP contribution in [0.1, 0.15) is 36.5 Å². The van der Waals surface area contributed by atoms with Gasteiger partial charge in [0.25, 0.3) is 0 Å². The van der Waals surface area contributed by atoms with E-state index in [0.717, 1.165) is 37.2 Å². The highest BCUT2D eigenvalue weighted by atomic mass is 16.5. The summed E-state index contributed by atoms with van der Waals surface area (Å²) in [6.45, 7) is 10.6. The minimum atomic E-state index is -0.702. The van der Waals surface area contributed by atoms with Crippen molar-refractivity contribution in [2.24, 2.45) is 10.8 Å². The van der Waals surface area contributed by atoms with Crippen LogP contribution in [0.25, 0.3) is 0 Å². The molecule has 0 spiro atoms. The molecule has 6 N–H and O–H groups in total. The van der Waals surface area contributed by atoms with E-state index < -0.39 is 6.10 Å². The lowest BCUT2D eigenvalue weighted by Crippen LogP contribution is -2.41. The van der Waals surface area contributed by atoms with Crippen LogP contribution < -0.4 is 11.2 Å². The molecule has 1 amide bonds. The fraction of sp³-hybridized carbons (Fsp3) is 0.419. The van der Waals surface area contributed by atoms with Gasteiger partial charge in [-0.25, -0.2) is 5.01 Å². The molecule has 40 heavy (non-hydrogen) atoms. The molecular formula is C31H50N4O5. The Bertz CT molecular complexity index is 894. The van der Waals surface area contributed by atoms with E-state index in [2.05, 4.69) is 35.9 Å². The van der Waals surface area contributed by atoms with Crippen LogP contribution in [0.15, 0.2) is 84.4 Å². The van der Waals surface area contributed by atoms with Gasteiger partial charge < -0.3 is 25.4 Å². The Balaban J connectivity index is 0. The van der Waals surface area contributed by atoms with Crippen molar-refractivity contribution in [3.05, 3.63) is 96.1 Å². The smallest absolute Gasteiger partial charge is 0.207 e. The Morgan fingerprint density at radius 1 is 1.15 bits per heavy atom. The zero-order chi connectivity index (χ0) is 30.4. The molecule has 0 aromatic heterocycles. The van der Waals surface area contributed by atoms with Gasteiger partial charge in [0.1, 0.15) is 0 Å². The summed E-state index contributed by atoms with van der Waals surface area (Å²) in [5.41, 5.74) is 4.22. The van der Waals surface area contributed by atoms with Crippen LogP contribution in [-0.4, -0.2) is 85.6 Å². The van der Waals surface area contributed by atoms with Crippen molar-refractivity contribution in [3.63, 3.8) is 0 Å². The number of nitrogens with one attached hydrogen (secondary N) is 1. The molecule has 1 aliphatic rings. The van der Waals surface area contributed by atoms with Crippen molar-refractivity contribution in [1.82, 2.24) is 10.3 Å². The molecule has 0 bridgehead atoms. The van der Waals surface area contributed by atoms with Gasteiger partial charge in [-0.3, -0.25) is 15.6 Å². The maximum absolute atomic E-state index is 10.2. The molecule has 1 fully saturated rings. The number of aliphatic imine (C=N–C) groups is 1. The molecule has 0 radical (unpaired) electrons. The van der Waals surface area contributed by atoms with E-state index >= 15 is 0 Å². The maximum Gasteiger partial charge on any atom is 0.207 e. The number of hydrogen-bond acceptors (Lipinski definition) is 8. The summed E-state index contributed by atoms with van der Waals surface area (Å²) in [6.07, 6.45) is 7.85. The highest BCUT2D eigenvalue weighted by molar-refractivity contribution is 6.08. The minimum Gasteiger partial charge on any atom is -0.400 e. The Labute approximate surface area is 240 Å². The van der Waals surface area contributed by atoms with Crippen LogP contribution in [0.3, 0.4) is 0 Å². The van der Waals surface area contributed by atoms with Gasteiger partial charge in [-0.2, -0.15) is 0 Å². The average Bonchev–Trinajstić information content (AvgIpc) is 3.56. The van der Waals surface area contributed by atoms with Gasteiger partial charge in [0.15, 0.2) is 0 Å². The summed E-state index contributed by atoms with van der Waals surface area (Å²) in [4.78, 5) is 14.4. The summed E-state index contributed by atoms with van der Waals surface area (Å²) >= 11 is 0. The third kappa shape index (κ3) is 22.8. The van der Waals surface area contributed by atoms with Crippen molar-refractivity contribution in [1.29, 1.82) is 0 Å². The summed E-state index contributed by atoms with van der Waals surface area (Å²) in [6, 6.07) is 18.2. The van der Waals surface area contributed by atoms with E-state index in [1.54, 1.807) is 20.0 Å². The molecule has 2 aromatic rings. The number of amides is 1. The third-order valence-electron chi connectivity index (χ3n) is 4.92. The number of benzene rings is 2. The van der Waals surface area contributed by atoms with E-state index in [9.17, 15) is 9.90 Å². The van der Waals surface area contributed by atoms with Crippen molar-refractivity contribution >= 4 is 12.1 Å². The number of hydrogen-bond donors (Lipinski definition) is 5. The second kappa shape index (κ2) is 28.8. The zero-order valence-electron chi connectivity index (χ0n) is 24.6. The lowest BCUT2D eigenvalue weighted by Gasteiger charge is -2.20. The van der Waals surface area contributed by atoms with Gasteiger partial charge in [0.05, 0.1) is 11.8 Å². The van der Waals surface area contributed by atoms with E-state index in [0.29, 0.717) is 13.0 Å². The Kier molecular flexibility index (Phi) is 28.1. The Morgan fingerprint density at radius 2 is 1.73 bits per heavy atom. The van der Waals surface area contributed by atoms with Crippen molar-refractivity contribution in [3.8, 4) is 0 Å². The molecule has 3 rings (SSSR count). The van der Waals surface area contributed by atoms with Crippen LogP contribution in [0, 0.1) is 6.92 Å². The summed E-state index contributed by atoms with van der Waals surface area (Å²) < 4.78 is 4.94. The highest BCUT2D eigenvalue weighted by Gasteiger charge is 2.09. The van der Waals surface area contributed by atoms with E-state index in [4.69, 9.17) is 20.8 Å². The first kappa shape index (κ1) is 39.0. The number of hydrazine groups is 1. The molecule has 0 saturated carbocycles. The Hall–Kier alpha value is -3.18. The average molecular weight is 559 g/mol.